The SMILES string of the molecule is S=C(CSC=C(S)c1ccccc1)c1ccccc1. The fourth-order valence-corrected chi connectivity index (χ4v) is 2.99. The van der Waals surface area contributed by atoms with Gasteiger partial charge in [0, 0.05) is 15.5 Å². The highest BCUT2D eigenvalue weighted by Crippen LogP contribution is 2.22. The third kappa shape index (κ3) is 4.53. The molecule has 0 nitrogen and oxygen atoms in total. The lowest BCUT2D eigenvalue weighted by Gasteiger charge is -2.03. The monoisotopic (exact) mass is 302 g/mol. The molecule has 0 spiro atoms. The van der Waals surface area contributed by atoms with E-state index >= 15 is 0 Å². The first-order chi connectivity index (χ1) is 9.27. The van der Waals surface area contributed by atoms with Crippen LogP contribution in [0.1, 0.15) is 11.1 Å². The second-order valence-electron chi connectivity index (χ2n) is 3.97. The molecular formula is C16H14S3. The number of hydrogen-bond donors (Lipinski definition) is 1. The summed E-state index contributed by atoms with van der Waals surface area (Å²) in [6.45, 7) is 0. The maximum Gasteiger partial charge on any atom is 0.0335 e. The molecular weight excluding hydrogens is 288 g/mol. The molecule has 2 rings (SSSR count). The van der Waals surface area contributed by atoms with E-state index in [9.17, 15) is 0 Å². The van der Waals surface area contributed by atoms with Crippen molar-refractivity contribution in [2.24, 2.45) is 0 Å². The topological polar surface area (TPSA) is 0 Å². The van der Waals surface area contributed by atoms with Crippen LogP contribution in [0.2, 0.25) is 0 Å². The predicted octanol–water partition coefficient (Wildman–Crippen LogP) is 5.07. The van der Waals surface area contributed by atoms with Crippen LogP contribution in [-0.4, -0.2) is 10.6 Å². The lowest BCUT2D eigenvalue weighted by molar-refractivity contribution is 1.65. The molecule has 0 aromatic heterocycles. The average molecular weight is 302 g/mol. The van der Waals surface area contributed by atoms with Crippen molar-refractivity contribution in [3.63, 3.8) is 0 Å². The quantitative estimate of drug-likeness (QED) is 0.465. The molecule has 0 saturated carbocycles. The highest BCUT2D eigenvalue weighted by atomic mass is 32.2. The lowest BCUT2D eigenvalue weighted by atomic mass is 10.2. The van der Waals surface area contributed by atoms with E-state index in [0.29, 0.717) is 0 Å². The molecule has 0 fully saturated rings. The summed E-state index contributed by atoms with van der Waals surface area (Å²) in [5, 5.41) is 2.05. The van der Waals surface area contributed by atoms with E-state index in [2.05, 4.69) is 24.8 Å². The van der Waals surface area contributed by atoms with Gasteiger partial charge in [0.2, 0.25) is 0 Å². The Morgan fingerprint density at radius 2 is 1.47 bits per heavy atom. The third-order valence-electron chi connectivity index (χ3n) is 2.57. The van der Waals surface area contributed by atoms with Crippen molar-refractivity contribution < 1.29 is 0 Å². The Bertz CT molecular complexity index is 559. The van der Waals surface area contributed by atoms with Gasteiger partial charge in [0.1, 0.15) is 0 Å². The second-order valence-corrected chi connectivity index (χ2v) is 5.80. The maximum atomic E-state index is 5.41. The van der Waals surface area contributed by atoms with E-state index in [1.54, 1.807) is 11.8 Å². The molecule has 0 bridgehead atoms. The number of thiol groups is 1. The van der Waals surface area contributed by atoms with E-state index < -0.39 is 0 Å². The summed E-state index contributed by atoms with van der Waals surface area (Å²) in [5.74, 6) is 0.802. The largest absolute Gasteiger partial charge is 0.142 e. The first-order valence-electron chi connectivity index (χ1n) is 5.92. The van der Waals surface area contributed by atoms with Crippen molar-refractivity contribution in [3.05, 3.63) is 77.2 Å². The summed E-state index contributed by atoms with van der Waals surface area (Å²) in [5.41, 5.74) is 2.25. The van der Waals surface area contributed by atoms with E-state index in [1.165, 1.54) is 0 Å². The molecule has 0 amide bonds. The van der Waals surface area contributed by atoms with E-state index in [1.807, 2.05) is 53.9 Å². The summed E-state index contributed by atoms with van der Waals surface area (Å²) < 4.78 is 0. The smallest absolute Gasteiger partial charge is 0.0335 e. The number of benzene rings is 2. The summed E-state index contributed by atoms with van der Waals surface area (Å²) >= 11 is 11.6. The van der Waals surface area contributed by atoms with Gasteiger partial charge >= 0.3 is 0 Å². The summed E-state index contributed by atoms with van der Waals surface area (Å²) in [4.78, 5) is 1.94. The van der Waals surface area contributed by atoms with E-state index in [-0.39, 0.29) is 0 Å². The van der Waals surface area contributed by atoms with Gasteiger partial charge in [-0.3, -0.25) is 0 Å². The summed E-state index contributed by atoms with van der Waals surface area (Å²) in [7, 11) is 0. The number of thiocarbonyl (C=S) groups is 1. The van der Waals surface area contributed by atoms with Crippen molar-refractivity contribution in [1.82, 2.24) is 0 Å². The van der Waals surface area contributed by atoms with Crippen LogP contribution in [0.5, 0.6) is 0 Å². The van der Waals surface area contributed by atoms with Crippen molar-refractivity contribution in [1.29, 1.82) is 0 Å². The van der Waals surface area contributed by atoms with E-state index in [0.717, 1.165) is 26.6 Å². The van der Waals surface area contributed by atoms with Crippen molar-refractivity contribution in [3.8, 4) is 0 Å². The zero-order chi connectivity index (χ0) is 13.5. The lowest BCUT2D eigenvalue weighted by Crippen LogP contribution is -1.99. The third-order valence-corrected chi connectivity index (χ3v) is 4.56. The molecule has 0 radical (unpaired) electrons. The van der Waals surface area contributed by atoms with Gasteiger partial charge in [0.15, 0.2) is 0 Å². The van der Waals surface area contributed by atoms with Gasteiger partial charge in [-0.2, -0.15) is 0 Å². The van der Waals surface area contributed by atoms with Gasteiger partial charge < -0.3 is 0 Å². The van der Waals surface area contributed by atoms with Crippen molar-refractivity contribution in [2.75, 3.05) is 5.75 Å². The minimum atomic E-state index is 0.802. The standard InChI is InChI=1S/C16H14S3/c17-15(13-7-3-1-4-8-13)11-19-12-16(18)14-9-5-2-6-10-14/h1-11,17H,12H2. The molecule has 0 aliphatic rings. The van der Waals surface area contributed by atoms with Gasteiger partial charge in [-0.25, -0.2) is 0 Å². The molecule has 0 aliphatic carbocycles. The van der Waals surface area contributed by atoms with Gasteiger partial charge in [0.05, 0.1) is 0 Å². The molecule has 2 aromatic carbocycles. The molecule has 0 N–H and O–H groups in total. The Hall–Kier alpha value is -1.03. The average Bonchev–Trinajstić information content (AvgIpc) is 2.49. The first kappa shape index (κ1) is 14.4. The predicted molar refractivity (Wildman–Crippen MR) is 94.0 cm³/mol. The Balaban J connectivity index is 1.92. The van der Waals surface area contributed by atoms with Gasteiger partial charge in [-0.05, 0) is 16.5 Å². The second kappa shape index (κ2) is 7.53. The molecule has 0 aliphatic heterocycles. The zero-order valence-corrected chi connectivity index (χ0v) is 12.8. The number of rotatable bonds is 5. The molecule has 96 valence electrons. The van der Waals surface area contributed by atoms with E-state index in [4.69, 9.17) is 12.2 Å². The minimum Gasteiger partial charge on any atom is -0.142 e. The minimum absolute atomic E-state index is 0.802. The van der Waals surface area contributed by atoms with Crippen LogP contribution >= 0.6 is 36.6 Å². The van der Waals surface area contributed by atoms with Crippen LogP contribution in [0.15, 0.2) is 66.1 Å². The molecule has 3 heteroatoms. The number of thioether (sulfide) groups is 1. The molecule has 0 heterocycles. The van der Waals surface area contributed by atoms with Gasteiger partial charge in [0.25, 0.3) is 0 Å². The molecule has 2 aromatic rings. The highest BCUT2D eigenvalue weighted by molar-refractivity contribution is 8.05. The normalized spacial score (nSPS) is 11.3. The van der Waals surface area contributed by atoms with Crippen LogP contribution in [0.4, 0.5) is 0 Å². The molecule has 19 heavy (non-hydrogen) atoms. The molecule has 0 unspecified atom stereocenters. The highest BCUT2D eigenvalue weighted by Gasteiger charge is 2.00. The Morgan fingerprint density at radius 3 is 2.05 bits per heavy atom. The fraction of sp³-hybridized carbons (Fsp3) is 0.0625. The molecule has 0 saturated heterocycles. The van der Waals surface area contributed by atoms with Crippen molar-refractivity contribution in [2.45, 2.75) is 0 Å². The van der Waals surface area contributed by atoms with Crippen LogP contribution in [0.3, 0.4) is 0 Å². The van der Waals surface area contributed by atoms with Gasteiger partial charge in [-0.15, -0.1) is 24.4 Å². The number of hydrogen-bond acceptors (Lipinski definition) is 3. The fourth-order valence-electron chi connectivity index (χ4n) is 1.58. The summed E-state index contributed by atoms with van der Waals surface area (Å²) in [6, 6.07) is 20.2. The maximum absolute atomic E-state index is 5.41. The van der Waals surface area contributed by atoms with Crippen LogP contribution < -0.4 is 0 Å². The first-order valence-corrected chi connectivity index (χ1v) is 7.82. The van der Waals surface area contributed by atoms with Crippen LogP contribution in [-0.2, 0) is 0 Å². The summed E-state index contributed by atoms with van der Waals surface area (Å²) in [6.07, 6.45) is 0. The Labute approximate surface area is 129 Å². The Kier molecular flexibility index (Phi) is 5.70. The van der Waals surface area contributed by atoms with Crippen LogP contribution in [0.25, 0.3) is 4.91 Å². The Morgan fingerprint density at radius 1 is 0.947 bits per heavy atom. The molecule has 0 atom stereocenters. The van der Waals surface area contributed by atoms with Gasteiger partial charge in [-0.1, -0.05) is 72.9 Å². The van der Waals surface area contributed by atoms with Crippen molar-refractivity contribution >= 4 is 46.4 Å². The van der Waals surface area contributed by atoms with Crippen LogP contribution in [0, 0.1) is 0 Å². The zero-order valence-electron chi connectivity index (χ0n) is 10.3.